The molecule has 0 radical (unpaired) electrons. The molecule has 1 fully saturated rings. The second-order valence-electron chi connectivity index (χ2n) is 4.11. The molecule has 0 unspecified atom stereocenters. The maximum Gasteiger partial charge on any atom is 0.0644 e. The molecule has 3 nitrogen and oxygen atoms in total. The molecule has 0 bridgehead atoms. The molecule has 1 heterocycles. The van der Waals surface area contributed by atoms with E-state index < -0.39 is 0 Å². The van der Waals surface area contributed by atoms with Gasteiger partial charge in [0.25, 0.3) is 0 Å². The smallest absolute Gasteiger partial charge is 0.0644 e. The molecule has 1 saturated heterocycles. The van der Waals surface area contributed by atoms with E-state index in [4.69, 9.17) is 15.2 Å². The van der Waals surface area contributed by atoms with Gasteiger partial charge in [0.2, 0.25) is 0 Å². The first-order chi connectivity index (χ1) is 5.58. The number of hydrogen-bond acceptors (Lipinski definition) is 3. The summed E-state index contributed by atoms with van der Waals surface area (Å²) in [5.74, 6) is 0. The molecule has 0 amide bonds. The molecule has 0 aromatic carbocycles. The second-order valence-corrected chi connectivity index (χ2v) is 4.11. The van der Waals surface area contributed by atoms with Crippen LogP contribution in [-0.4, -0.2) is 31.5 Å². The van der Waals surface area contributed by atoms with Crippen molar-refractivity contribution >= 4 is 0 Å². The van der Waals surface area contributed by atoms with Gasteiger partial charge in [0.1, 0.15) is 0 Å². The zero-order valence-electron chi connectivity index (χ0n) is 8.01. The fourth-order valence-corrected chi connectivity index (χ4v) is 1.18. The van der Waals surface area contributed by atoms with E-state index in [1.54, 1.807) is 0 Å². The summed E-state index contributed by atoms with van der Waals surface area (Å²) in [5.41, 5.74) is 5.59. The van der Waals surface area contributed by atoms with E-state index in [1.807, 2.05) is 13.8 Å². The number of rotatable bonds is 3. The van der Waals surface area contributed by atoms with Crippen LogP contribution in [0.3, 0.4) is 0 Å². The Labute approximate surface area is 74.2 Å². The van der Waals surface area contributed by atoms with Gasteiger partial charge in [0.15, 0.2) is 0 Å². The Kier molecular flexibility index (Phi) is 3.50. The van der Waals surface area contributed by atoms with Gasteiger partial charge >= 0.3 is 0 Å². The first kappa shape index (κ1) is 9.96. The Bertz CT molecular complexity index is 125. The molecule has 12 heavy (non-hydrogen) atoms. The van der Waals surface area contributed by atoms with Crippen molar-refractivity contribution in [2.75, 3.05) is 19.8 Å². The lowest BCUT2D eigenvalue weighted by atomic mass is 10.1. The average molecular weight is 173 g/mol. The summed E-state index contributed by atoms with van der Waals surface area (Å²) in [6.45, 7) is 6.25. The Morgan fingerprint density at radius 3 is 2.50 bits per heavy atom. The van der Waals surface area contributed by atoms with E-state index in [1.165, 1.54) is 0 Å². The van der Waals surface area contributed by atoms with Crippen LogP contribution in [0.5, 0.6) is 0 Å². The minimum absolute atomic E-state index is 0.210. The predicted molar refractivity (Wildman–Crippen MR) is 48.1 cm³/mol. The summed E-state index contributed by atoms with van der Waals surface area (Å²) in [7, 11) is 0. The summed E-state index contributed by atoms with van der Waals surface area (Å²) < 4.78 is 10.9. The quantitative estimate of drug-likeness (QED) is 0.690. The lowest BCUT2D eigenvalue weighted by Gasteiger charge is -2.26. The van der Waals surface area contributed by atoms with Crippen molar-refractivity contribution in [2.24, 2.45) is 5.73 Å². The van der Waals surface area contributed by atoms with Crippen LogP contribution in [0, 0.1) is 0 Å². The first-order valence-electron chi connectivity index (χ1n) is 4.56. The molecule has 1 aliphatic rings. The van der Waals surface area contributed by atoms with Crippen LogP contribution in [0.25, 0.3) is 0 Å². The molecular weight excluding hydrogens is 154 g/mol. The highest BCUT2D eigenvalue weighted by atomic mass is 16.5. The van der Waals surface area contributed by atoms with Gasteiger partial charge in [-0.3, -0.25) is 0 Å². The van der Waals surface area contributed by atoms with Crippen LogP contribution in [0.1, 0.15) is 26.7 Å². The van der Waals surface area contributed by atoms with Crippen molar-refractivity contribution < 1.29 is 9.47 Å². The number of ether oxygens (including phenoxy) is 2. The Balaban J connectivity index is 2.13. The van der Waals surface area contributed by atoms with E-state index in [0.717, 1.165) is 26.1 Å². The summed E-state index contributed by atoms with van der Waals surface area (Å²) in [6.07, 6.45) is 2.38. The lowest BCUT2D eigenvalue weighted by molar-refractivity contribution is -0.0432. The van der Waals surface area contributed by atoms with Gasteiger partial charge in [-0.05, 0) is 26.7 Å². The molecule has 0 aromatic rings. The van der Waals surface area contributed by atoms with Crippen molar-refractivity contribution in [2.45, 2.75) is 38.3 Å². The minimum atomic E-state index is -0.210. The minimum Gasteiger partial charge on any atom is -0.381 e. The van der Waals surface area contributed by atoms with E-state index in [2.05, 4.69) is 0 Å². The molecule has 72 valence electrons. The fraction of sp³-hybridized carbons (Fsp3) is 1.00. The molecule has 3 heteroatoms. The van der Waals surface area contributed by atoms with Crippen molar-refractivity contribution in [3.05, 3.63) is 0 Å². The third kappa shape index (κ3) is 4.04. The van der Waals surface area contributed by atoms with Crippen molar-refractivity contribution in [3.8, 4) is 0 Å². The van der Waals surface area contributed by atoms with Crippen molar-refractivity contribution in [1.82, 2.24) is 0 Å². The normalized spacial score (nSPS) is 21.2. The summed E-state index contributed by atoms with van der Waals surface area (Å²) in [5, 5.41) is 0. The van der Waals surface area contributed by atoms with E-state index in [-0.39, 0.29) is 5.54 Å². The standard InChI is InChI=1S/C9H19NO2/c1-9(2,10)7-12-8-3-5-11-6-4-8/h8H,3-7,10H2,1-2H3. The molecule has 2 N–H and O–H groups in total. The van der Waals surface area contributed by atoms with E-state index in [9.17, 15) is 0 Å². The van der Waals surface area contributed by atoms with E-state index >= 15 is 0 Å². The zero-order chi connectivity index (χ0) is 9.03. The Morgan fingerprint density at radius 2 is 2.00 bits per heavy atom. The summed E-state index contributed by atoms with van der Waals surface area (Å²) in [4.78, 5) is 0. The van der Waals surface area contributed by atoms with Crippen LogP contribution in [-0.2, 0) is 9.47 Å². The van der Waals surface area contributed by atoms with Gasteiger partial charge in [-0.1, -0.05) is 0 Å². The Hall–Kier alpha value is -0.120. The number of hydrogen-bond donors (Lipinski definition) is 1. The third-order valence-corrected chi connectivity index (χ3v) is 1.86. The number of nitrogens with two attached hydrogens (primary N) is 1. The first-order valence-corrected chi connectivity index (χ1v) is 4.56. The maximum absolute atomic E-state index is 5.80. The SMILES string of the molecule is CC(C)(N)COC1CCOCC1. The molecule has 0 spiro atoms. The third-order valence-electron chi connectivity index (χ3n) is 1.86. The van der Waals surface area contributed by atoms with Gasteiger partial charge in [0, 0.05) is 18.8 Å². The molecular formula is C9H19NO2. The van der Waals surface area contributed by atoms with Gasteiger partial charge in [0.05, 0.1) is 12.7 Å². The van der Waals surface area contributed by atoms with Crippen LogP contribution in [0.15, 0.2) is 0 Å². The van der Waals surface area contributed by atoms with Gasteiger partial charge < -0.3 is 15.2 Å². The molecule has 0 saturated carbocycles. The average Bonchev–Trinajstić information content (AvgIpc) is 2.02. The topological polar surface area (TPSA) is 44.5 Å². The molecule has 1 rings (SSSR count). The molecule has 1 aliphatic heterocycles. The molecule has 0 atom stereocenters. The predicted octanol–water partition coefficient (Wildman–Crippen LogP) is 0.919. The van der Waals surface area contributed by atoms with Crippen molar-refractivity contribution in [3.63, 3.8) is 0 Å². The monoisotopic (exact) mass is 173 g/mol. The highest BCUT2D eigenvalue weighted by molar-refractivity contribution is 4.72. The van der Waals surface area contributed by atoms with Gasteiger partial charge in [-0.15, -0.1) is 0 Å². The maximum atomic E-state index is 5.80. The Morgan fingerprint density at radius 1 is 1.42 bits per heavy atom. The summed E-state index contributed by atoms with van der Waals surface area (Å²) >= 11 is 0. The highest BCUT2D eigenvalue weighted by Crippen LogP contribution is 2.12. The largest absolute Gasteiger partial charge is 0.381 e. The van der Waals surface area contributed by atoms with Gasteiger partial charge in [-0.25, -0.2) is 0 Å². The van der Waals surface area contributed by atoms with Crippen LogP contribution in [0.2, 0.25) is 0 Å². The second kappa shape index (κ2) is 4.21. The van der Waals surface area contributed by atoms with E-state index in [0.29, 0.717) is 12.7 Å². The molecule has 0 aliphatic carbocycles. The van der Waals surface area contributed by atoms with Crippen LogP contribution in [0.4, 0.5) is 0 Å². The van der Waals surface area contributed by atoms with Crippen molar-refractivity contribution in [1.29, 1.82) is 0 Å². The summed E-state index contributed by atoms with van der Waals surface area (Å²) in [6, 6.07) is 0. The lowest BCUT2D eigenvalue weighted by Crippen LogP contribution is -2.39. The zero-order valence-corrected chi connectivity index (χ0v) is 8.01. The molecule has 0 aromatic heterocycles. The van der Waals surface area contributed by atoms with Crippen LogP contribution < -0.4 is 5.73 Å². The fourth-order valence-electron chi connectivity index (χ4n) is 1.18. The highest BCUT2D eigenvalue weighted by Gasteiger charge is 2.18. The van der Waals surface area contributed by atoms with Crippen LogP contribution >= 0.6 is 0 Å². The van der Waals surface area contributed by atoms with Gasteiger partial charge in [-0.2, -0.15) is 0 Å².